The summed E-state index contributed by atoms with van der Waals surface area (Å²) in [7, 11) is 0. The second-order valence-electron chi connectivity index (χ2n) is 4.75. The summed E-state index contributed by atoms with van der Waals surface area (Å²) >= 11 is 0. The van der Waals surface area contributed by atoms with Gasteiger partial charge >= 0.3 is 0 Å². The van der Waals surface area contributed by atoms with E-state index in [0.717, 1.165) is 12.1 Å². The summed E-state index contributed by atoms with van der Waals surface area (Å²) in [6, 6.07) is 6.55. The molecule has 0 atom stereocenters. The lowest BCUT2D eigenvalue weighted by Gasteiger charge is -2.39. The van der Waals surface area contributed by atoms with E-state index in [1.807, 2.05) is 6.08 Å². The zero-order valence-electron chi connectivity index (χ0n) is 9.67. The van der Waals surface area contributed by atoms with Crippen molar-refractivity contribution in [3.8, 4) is 0 Å². The molecule has 1 aliphatic rings. The fourth-order valence-electron chi connectivity index (χ4n) is 1.96. The summed E-state index contributed by atoms with van der Waals surface area (Å²) in [4.78, 5) is 0. The van der Waals surface area contributed by atoms with Gasteiger partial charge in [0.2, 0.25) is 0 Å². The summed E-state index contributed by atoms with van der Waals surface area (Å²) in [5.41, 5.74) is 1.40. The van der Waals surface area contributed by atoms with Gasteiger partial charge in [-0.2, -0.15) is 0 Å². The molecule has 0 aliphatic heterocycles. The summed E-state index contributed by atoms with van der Waals surface area (Å²) < 4.78 is 12.6. The average molecular weight is 219 g/mol. The highest BCUT2D eigenvalue weighted by atomic mass is 19.1. The van der Waals surface area contributed by atoms with Crippen LogP contribution in [-0.4, -0.2) is 12.1 Å². The van der Waals surface area contributed by atoms with Gasteiger partial charge in [-0.25, -0.2) is 4.39 Å². The number of hydrogen-bond donors (Lipinski definition) is 1. The largest absolute Gasteiger partial charge is 0.308 e. The molecule has 1 saturated carbocycles. The average Bonchev–Trinajstić information content (AvgIpc) is 2.24. The van der Waals surface area contributed by atoms with Crippen LogP contribution in [0.1, 0.15) is 31.7 Å². The molecule has 1 aromatic carbocycles. The Bertz CT molecular complexity index is 363. The van der Waals surface area contributed by atoms with Gasteiger partial charge in [-0.05, 0) is 43.9 Å². The number of benzene rings is 1. The van der Waals surface area contributed by atoms with Crippen LogP contribution in [-0.2, 0) is 0 Å². The van der Waals surface area contributed by atoms with E-state index in [1.54, 1.807) is 12.1 Å². The van der Waals surface area contributed by atoms with Gasteiger partial charge in [0.25, 0.3) is 0 Å². The van der Waals surface area contributed by atoms with Crippen molar-refractivity contribution < 1.29 is 4.39 Å². The van der Waals surface area contributed by atoms with Gasteiger partial charge in [0.15, 0.2) is 0 Å². The van der Waals surface area contributed by atoms with Crippen LogP contribution in [0.5, 0.6) is 0 Å². The van der Waals surface area contributed by atoms with E-state index < -0.39 is 0 Å². The molecule has 86 valence electrons. The zero-order valence-corrected chi connectivity index (χ0v) is 9.67. The Labute approximate surface area is 96.4 Å². The van der Waals surface area contributed by atoms with Crippen LogP contribution in [0.25, 0.3) is 6.08 Å². The summed E-state index contributed by atoms with van der Waals surface area (Å²) in [5.74, 6) is -0.183. The smallest absolute Gasteiger partial charge is 0.123 e. The predicted molar refractivity (Wildman–Crippen MR) is 65.7 cm³/mol. The Morgan fingerprint density at radius 1 is 1.31 bits per heavy atom. The lowest BCUT2D eigenvalue weighted by molar-refractivity contribution is 0.217. The van der Waals surface area contributed by atoms with Crippen LogP contribution in [0.4, 0.5) is 4.39 Å². The second-order valence-corrected chi connectivity index (χ2v) is 4.75. The molecule has 1 aromatic rings. The molecular formula is C14H18FN. The third-order valence-electron chi connectivity index (χ3n) is 3.28. The van der Waals surface area contributed by atoms with E-state index in [0.29, 0.717) is 5.54 Å². The van der Waals surface area contributed by atoms with Gasteiger partial charge in [-0.1, -0.05) is 24.3 Å². The van der Waals surface area contributed by atoms with Crippen molar-refractivity contribution in [2.45, 2.75) is 31.7 Å². The highest BCUT2D eigenvalue weighted by Gasteiger charge is 2.30. The van der Waals surface area contributed by atoms with E-state index in [9.17, 15) is 4.39 Å². The monoisotopic (exact) mass is 219 g/mol. The zero-order chi connectivity index (χ0) is 11.4. The minimum Gasteiger partial charge on any atom is -0.308 e. The SMILES string of the molecule is CC1(NC/C=C/c2ccc(F)cc2)CCC1. The van der Waals surface area contributed by atoms with Gasteiger partial charge in [0, 0.05) is 12.1 Å². The molecule has 0 spiro atoms. The maximum atomic E-state index is 12.6. The van der Waals surface area contributed by atoms with Crippen LogP contribution in [0.15, 0.2) is 30.3 Å². The molecule has 0 unspecified atom stereocenters. The fourth-order valence-corrected chi connectivity index (χ4v) is 1.96. The van der Waals surface area contributed by atoms with E-state index in [2.05, 4.69) is 18.3 Å². The Kier molecular flexibility index (Phi) is 3.39. The van der Waals surface area contributed by atoms with Crippen LogP contribution in [0.2, 0.25) is 0 Å². The molecule has 1 fully saturated rings. The third kappa shape index (κ3) is 2.92. The number of hydrogen-bond acceptors (Lipinski definition) is 1. The fraction of sp³-hybridized carbons (Fsp3) is 0.429. The van der Waals surface area contributed by atoms with Gasteiger partial charge in [-0.3, -0.25) is 0 Å². The molecule has 1 N–H and O–H groups in total. The number of halogens is 1. The quantitative estimate of drug-likeness (QED) is 0.818. The molecule has 1 nitrogen and oxygen atoms in total. The Balaban J connectivity index is 1.78. The summed E-state index contributed by atoms with van der Waals surface area (Å²) in [6.07, 6.45) is 8.01. The molecular weight excluding hydrogens is 201 g/mol. The topological polar surface area (TPSA) is 12.0 Å². The standard InChI is InChI=1S/C14H18FN/c1-14(9-3-10-14)16-11-2-4-12-5-7-13(15)8-6-12/h2,4-8,16H,3,9-11H2,1H3/b4-2+. The maximum Gasteiger partial charge on any atom is 0.123 e. The predicted octanol–water partition coefficient (Wildman–Crippen LogP) is 3.37. The van der Waals surface area contributed by atoms with E-state index in [1.165, 1.54) is 31.4 Å². The van der Waals surface area contributed by atoms with Gasteiger partial charge < -0.3 is 5.32 Å². The maximum absolute atomic E-state index is 12.6. The first-order valence-electron chi connectivity index (χ1n) is 5.85. The van der Waals surface area contributed by atoms with Crippen LogP contribution in [0.3, 0.4) is 0 Å². The van der Waals surface area contributed by atoms with Gasteiger partial charge in [0.1, 0.15) is 5.82 Å². The van der Waals surface area contributed by atoms with Gasteiger partial charge in [0.05, 0.1) is 0 Å². The van der Waals surface area contributed by atoms with Crippen molar-refractivity contribution in [3.05, 3.63) is 41.7 Å². The van der Waals surface area contributed by atoms with Crippen molar-refractivity contribution in [3.63, 3.8) is 0 Å². The molecule has 0 saturated heterocycles. The molecule has 2 heteroatoms. The van der Waals surface area contributed by atoms with Crippen molar-refractivity contribution in [2.75, 3.05) is 6.54 Å². The normalized spacial score (nSPS) is 18.6. The first-order chi connectivity index (χ1) is 7.68. The number of rotatable bonds is 4. The van der Waals surface area contributed by atoms with Crippen molar-refractivity contribution in [1.29, 1.82) is 0 Å². The molecule has 0 bridgehead atoms. The lowest BCUT2D eigenvalue weighted by Crippen LogP contribution is -2.48. The lowest BCUT2D eigenvalue weighted by atomic mass is 9.78. The minimum absolute atomic E-state index is 0.183. The summed E-state index contributed by atoms with van der Waals surface area (Å²) in [5, 5.41) is 3.52. The van der Waals surface area contributed by atoms with Crippen molar-refractivity contribution in [2.24, 2.45) is 0 Å². The molecule has 1 aliphatic carbocycles. The first-order valence-corrected chi connectivity index (χ1v) is 5.85. The third-order valence-corrected chi connectivity index (χ3v) is 3.28. The molecule has 0 aromatic heterocycles. The Morgan fingerprint density at radius 2 is 2.00 bits per heavy atom. The highest BCUT2D eigenvalue weighted by molar-refractivity contribution is 5.48. The highest BCUT2D eigenvalue weighted by Crippen LogP contribution is 2.30. The molecule has 0 radical (unpaired) electrons. The summed E-state index contributed by atoms with van der Waals surface area (Å²) in [6.45, 7) is 3.15. The molecule has 16 heavy (non-hydrogen) atoms. The first kappa shape index (κ1) is 11.3. The second kappa shape index (κ2) is 4.79. The van der Waals surface area contributed by atoms with Crippen LogP contribution >= 0.6 is 0 Å². The van der Waals surface area contributed by atoms with Crippen molar-refractivity contribution in [1.82, 2.24) is 5.32 Å². The van der Waals surface area contributed by atoms with Crippen molar-refractivity contribution >= 4 is 6.08 Å². The minimum atomic E-state index is -0.183. The van der Waals surface area contributed by atoms with E-state index in [-0.39, 0.29) is 5.82 Å². The number of nitrogens with one attached hydrogen (secondary N) is 1. The van der Waals surface area contributed by atoms with Crippen LogP contribution in [0, 0.1) is 5.82 Å². The van der Waals surface area contributed by atoms with Crippen LogP contribution < -0.4 is 5.32 Å². The molecule has 0 heterocycles. The Morgan fingerprint density at radius 3 is 2.56 bits per heavy atom. The van der Waals surface area contributed by atoms with Gasteiger partial charge in [-0.15, -0.1) is 0 Å². The Hall–Kier alpha value is -1.15. The van der Waals surface area contributed by atoms with E-state index >= 15 is 0 Å². The molecule has 0 amide bonds. The van der Waals surface area contributed by atoms with E-state index in [4.69, 9.17) is 0 Å². The molecule has 2 rings (SSSR count).